The lowest BCUT2D eigenvalue weighted by Crippen LogP contribution is -2.33. The molecule has 0 radical (unpaired) electrons. The van der Waals surface area contributed by atoms with E-state index >= 15 is 0 Å². The van der Waals surface area contributed by atoms with Gasteiger partial charge in [0.15, 0.2) is 9.84 Å². The Hall–Kier alpha value is -1.37. The summed E-state index contributed by atoms with van der Waals surface area (Å²) in [7, 11) is -2.93. The first-order valence-electron chi connectivity index (χ1n) is 6.65. The van der Waals surface area contributed by atoms with Crippen LogP contribution in [0.15, 0.2) is 28.7 Å². The lowest BCUT2D eigenvalue weighted by molar-refractivity contribution is 0.342. The molecule has 2 heterocycles. The van der Waals surface area contributed by atoms with Crippen LogP contribution in [0.5, 0.6) is 0 Å². The second-order valence-electron chi connectivity index (χ2n) is 5.50. The minimum Gasteiger partial charge on any atom is -0.459 e. The largest absolute Gasteiger partial charge is 0.459 e. The fourth-order valence-electron chi connectivity index (χ4n) is 2.87. The van der Waals surface area contributed by atoms with E-state index in [1.807, 2.05) is 31.2 Å². The van der Waals surface area contributed by atoms with Crippen LogP contribution in [-0.4, -0.2) is 19.9 Å². The average molecular weight is 294 g/mol. The summed E-state index contributed by atoms with van der Waals surface area (Å²) in [6, 6.07) is 7.63. The summed E-state index contributed by atoms with van der Waals surface area (Å²) in [6.45, 7) is 2.02. The van der Waals surface area contributed by atoms with Crippen molar-refractivity contribution in [2.75, 3.05) is 11.5 Å². The van der Waals surface area contributed by atoms with Crippen LogP contribution in [0.3, 0.4) is 0 Å². The van der Waals surface area contributed by atoms with E-state index in [9.17, 15) is 8.42 Å². The lowest BCUT2D eigenvalue weighted by atomic mass is 9.97. The molecule has 3 rings (SSSR count). The van der Waals surface area contributed by atoms with Gasteiger partial charge in [-0.15, -0.1) is 0 Å². The van der Waals surface area contributed by atoms with Crippen LogP contribution in [-0.2, 0) is 9.84 Å². The molecule has 108 valence electrons. The van der Waals surface area contributed by atoms with Crippen molar-refractivity contribution >= 4 is 20.8 Å². The summed E-state index contributed by atoms with van der Waals surface area (Å²) in [5.41, 5.74) is 4.67. The van der Waals surface area contributed by atoms with Gasteiger partial charge in [-0.05, 0) is 37.5 Å². The minimum absolute atomic E-state index is 0.0355. The second-order valence-corrected chi connectivity index (χ2v) is 7.73. The number of aryl methyl sites for hydroxylation is 1. The SMILES string of the molecule is Cc1ccc2oc(C(NN)C3CCS(=O)(=O)C3)cc2c1. The molecule has 5 nitrogen and oxygen atoms in total. The number of furan rings is 1. The molecule has 2 unspecified atom stereocenters. The predicted octanol–water partition coefficient (Wildman–Crippen LogP) is 1.68. The summed E-state index contributed by atoms with van der Waals surface area (Å²) < 4.78 is 29.0. The average Bonchev–Trinajstić information content (AvgIpc) is 2.93. The van der Waals surface area contributed by atoms with Crippen molar-refractivity contribution in [3.8, 4) is 0 Å². The van der Waals surface area contributed by atoms with Gasteiger partial charge in [0, 0.05) is 5.39 Å². The highest BCUT2D eigenvalue weighted by Gasteiger charge is 2.35. The van der Waals surface area contributed by atoms with Crippen LogP contribution in [0, 0.1) is 12.8 Å². The number of benzene rings is 1. The fourth-order valence-corrected chi connectivity index (χ4v) is 4.71. The molecule has 0 amide bonds. The normalized spacial score (nSPS) is 23.2. The Kier molecular flexibility index (Phi) is 3.32. The van der Waals surface area contributed by atoms with Crippen LogP contribution >= 0.6 is 0 Å². The first-order valence-corrected chi connectivity index (χ1v) is 8.47. The van der Waals surface area contributed by atoms with Gasteiger partial charge in [-0.1, -0.05) is 11.6 Å². The molecular formula is C14H18N2O3S. The van der Waals surface area contributed by atoms with Crippen molar-refractivity contribution in [2.45, 2.75) is 19.4 Å². The molecule has 2 atom stereocenters. The summed E-state index contributed by atoms with van der Waals surface area (Å²) in [5.74, 6) is 6.68. The van der Waals surface area contributed by atoms with Crippen LogP contribution in [0.2, 0.25) is 0 Å². The number of rotatable bonds is 3. The molecule has 2 aromatic rings. The Morgan fingerprint density at radius 2 is 2.20 bits per heavy atom. The van der Waals surface area contributed by atoms with Gasteiger partial charge in [-0.2, -0.15) is 0 Å². The number of hydrogen-bond donors (Lipinski definition) is 2. The van der Waals surface area contributed by atoms with Crippen LogP contribution in [0.1, 0.15) is 23.8 Å². The van der Waals surface area contributed by atoms with E-state index in [1.165, 1.54) is 0 Å². The summed E-state index contributed by atoms with van der Waals surface area (Å²) in [4.78, 5) is 0. The number of fused-ring (bicyclic) bond motifs is 1. The second kappa shape index (κ2) is 4.87. The van der Waals surface area contributed by atoms with E-state index in [0.717, 1.165) is 16.5 Å². The van der Waals surface area contributed by atoms with Crippen molar-refractivity contribution in [3.05, 3.63) is 35.6 Å². The number of hydrazine groups is 1. The predicted molar refractivity (Wildman–Crippen MR) is 77.8 cm³/mol. The van der Waals surface area contributed by atoms with Crippen molar-refractivity contribution in [1.82, 2.24) is 5.43 Å². The van der Waals surface area contributed by atoms with E-state index in [1.54, 1.807) is 0 Å². The van der Waals surface area contributed by atoms with E-state index in [-0.39, 0.29) is 23.5 Å². The third kappa shape index (κ3) is 2.46. The molecule has 0 aliphatic carbocycles. The monoisotopic (exact) mass is 294 g/mol. The Bertz CT molecular complexity index is 736. The van der Waals surface area contributed by atoms with Gasteiger partial charge in [-0.25, -0.2) is 13.8 Å². The van der Waals surface area contributed by atoms with Crippen molar-refractivity contribution in [3.63, 3.8) is 0 Å². The molecule has 20 heavy (non-hydrogen) atoms. The van der Waals surface area contributed by atoms with Gasteiger partial charge in [-0.3, -0.25) is 5.84 Å². The van der Waals surface area contributed by atoms with E-state index in [0.29, 0.717) is 12.2 Å². The Morgan fingerprint density at radius 1 is 1.40 bits per heavy atom. The number of hydrogen-bond acceptors (Lipinski definition) is 5. The first kappa shape index (κ1) is 13.6. The lowest BCUT2D eigenvalue weighted by Gasteiger charge is -2.18. The quantitative estimate of drug-likeness (QED) is 0.664. The van der Waals surface area contributed by atoms with Crippen LogP contribution in [0.25, 0.3) is 11.0 Å². The Balaban J connectivity index is 1.95. The topological polar surface area (TPSA) is 85.3 Å². The minimum atomic E-state index is -2.93. The molecule has 1 fully saturated rings. The summed E-state index contributed by atoms with van der Waals surface area (Å²) in [5, 5.41) is 1.01. The molecular weight excluding hydrogens is 276 g/mol. The first-order chi connectivity index (χ1) is 9.48. The van der Waals surface area contributed by atoms with Gasteiger partial charge in [0.25, 0.3) is 0 Å². The maximum atomic E-state index is 11.6. The zero-order chi connectivity index (χ0) is 14.3. The molecule has 1 aromatic heterocycles. The van der Waals surface area contributed by atoms with Crippen molar-refractivity contribution in [2.24, 2.45) is 11.8 Å². The highest BCUT2D eigenvalue weighted by atomic mass is 32.2. The van der Waals surface area contributed by atoms with E-state index in [2.05, 4.69) is 5.43 Å². The third-order valence-corrected chi connectivity index (χ3v) is 5.71. The fraction of sp³-hybridized carbons (Fsp3) is 0.429. The van der Waals surface area contributed by atoms with Crippen molar-refractivity contribution < 1.29 is 12.8 Å². The standard InChI is InChI=1S/C14H18N2O3S/c1-9-2-3-12-11(6-9)7-13(19-12)14(16-15)10-4-5-20(17,18)8-10/h2-3,6-7,10,14,16H,4-5,8,15H2,1H3. The number of nitrogens with one attached hydrogen (secondary N) is 1. The molecule has 0 saturated carbocycles. The highest BCUT2D eigenvalue weighted by molar-refractivity contribution is 7.91. The van der Waals surface area contributed by atoms with Gasteiger partial charge in [0.05, 0.1) is 17.5 Å². The maximum Gasteiger partial charge on any atom is 0.150 e. The highest BCUT2D eigenvalue weighted by Crippen LogP contribution is 2.34. The van der Waals surface area contributed by atoms with Crippen LogP contribution in [0.4, 0.5) is 0 Å². The Morgan fingerprint density at radius 3 is 2.85 bits per heavy atom. The van der Waals surface area contributed by atoms with Gasteiger partial charge < -0.3 is 4.42 Å². The molecule has 3 N–H and O–H groups in total. The molecule has 1 saturated heterocycles. The number of nitrogens with two attached hydrogens (primary N) is 1. The molecule has 0 bridgehead atoms. The Labute approximate surface area is 118 Å². The number of sulfone groups is 1. The zero-order valence-electron chi connectivity index (χ0n) is 11.3. The molecule has 1 aromatic carbocycles. The molecule has 1 aliphatic heterocycles. The summed E-state index contributed by atoms with van der Waals surface area (Å²) >= 11 is 0. The molecule has 6 heteroatoms. The van der Waals surface area contributed by atoms with Crippen molar-refractivity contribution in [1.29, 1.82) is 0 Å². The van der Waals surface area contributed by atoms with Gasteiger partial charge in [0.1, 0.15) is 11.3 Å². The summed E-state index contributed by atoms with van der Waals surface area (Å²) in [6.07, 6.45) is 0.618. The molecule has 0 spiro atoms. The van der Waals surface area contributed by atoms with E-state index < -0.39 is 9.84 Å². The van der Waals surface area contributed by atoms with Gasteiger partial charge >= 0.3 is 0 Å². The zero-order valence-corrected chi connectivity index (χ0v) is 12.1. The third-order valence-electron chi connectivity index (χ3n) is 3.92. The maximum absolute atomic E-state index is 11.6. The van der Waals surface area contributed by atoms with Crippen LogP contribution < -0.4 is 11.3 Å². The van der Waals surface area contributed by atoms with Gasteiger partial charge in [0.2, 0.25) is 0 Å². The smallest absolute Gasteiger partial charge is 0.150 e. The van der Waals surface area contributed by atoms with E-state index in [4.69, 9.17) is 10.3 Å². The molecule has 1 aliphatic rings.